The summed E-state index contributed by atoms with van der Waals surface area (Å²) in [4.78, 5) is 49.3. The lowest BCUT2D eigenvalue weighted by Crippen LogP contribution is -2.52. The Morgan fingerprint density at radius 3 is 2.47 bits per heavy atom. The first-order chi connectivity index (χ1) is 20.7. The standard InChI is InChI=1S/C31H32ClF2N5O4/c1-2-39(31(42)43-21-9-7-20(33)8-10-21)27-18-38(16-23(27)19-6-11-25(32)26(34)15-19)30(41)22-12-14-37(17-24(22)29(35)40)28-5-3-4-13-36-28/h3-11,13,15,22-24,27H,2,12,14,16-18H2,1H3,(H2,35,40)/t22?,23-,24?,27+/m0/s1. The van der Waals surface area contributed by atoms with Crippen LogP contribution in [0.15, 0.2) is 66.9 Å². The number of piperidine rings is 1. The highest BCUT2D eigenvalue weighted by molar-refractivity contribution is 6.30. The maximum atomic E-state index is 14.6. The highest BCUT2D eigenvalue weighted by Crippen LogP contribution is 2.36. The monoisotopic (exact) mass is 611 g/mol. The minimum Gasteiger partial charge on any atom is -0.410 e. The summed E-state index contributed by atoms with van der Waals surface area (Å²) in [6.45, 7) is 3.06. The van der Waals surface area contributed by atoms with Gasteiger partial charge in [-0.15, -0.1) is 0 Å². The molecule has 3 heterocycles. The average molecular weight is 612 g/mol. The first-order valence-corrected chi connectivity index (χ1v) is 14.5. The van der Waals surface area contributed by atoms with Crippen LogP contribution in [0, 0.1) is 23.5 Å². The fourth-order valence-electron chi connectivity index (χ4n) is 6.03. The van der Waals surface area contributed by atoms with Crippen LogP contribution in [-0.2, 0) is 9.59 Å². The van der Waals surface area contributed by atoms with E-state index in [1.54, 1.807) is 30.2 Å². The van der Waals surface area contributed by atoms with Gasteiger partial charge in [0.2, 0.25) is 11.8 Å². The predicted octanol–water partition coefficient (Wildman–Crippen LogP) is 4.46. The van der Waals surface area contributed by atoms with Gasteiger partial charge in [0.05, 0.1) is 22.9 Å². The predicted molar refractivity (Wildman–Crippen MR) is 157 cm³/mol. The van der Waals surface area contributed by atoms with E-state index in [-0.39, 0.29) is 42.9 Å². The van der Waals surface area contributed by atoms with Crippen LogP contribution in [0.1, 0.15) is 24.8 Å². The van der Waals surface area contributed by atoms with Crippen LogP contribution < -0.4 is 15.4 Å². The van der Waals surface area contributed by atoms with Crippen molar-refractivity contribution in [2.45, 2.75) is 25.3 Å². The van der Waals surface area contributed by atoms with Crippen molar-refractivity contribution in [3.05, 3.63) is 89.1 Å². The molecule has 3 aromatic rings. The van der Waals surface area contributed by atoms with E-state index in [9.17, 15) is 23.2 Å². The number of hydrogen-bond donors (Lipinski definition) is 1. The molecular formula is C31H32ClF2N5O4. The van der Waals surface area contributed by atoms with Gasteiger partial charge in [-0.25, -0.2) is 18.6 Å². The molecule has 2 aliphatic rings. The molecule has 43 heavy (non-hydrogen) atoms. The molecule has 2 aliphatic heterocycles. The number of rotatable bonds is 7. The number of likely N-dealkylation sites (tertiary alicyclic amines) is 1. The Bertz CT molecular complexity index is 1480. The van der Waals surface area contributed by atoms with E-state index in [2.05, 4.69) is 4.98 Å². The molecule has 5 rings (SSSR count). The minimum atomic E-state index is -0.751. The fourth-order valence-corrected chi connectivity index (χ4v) is 6.15. The van der Waals surface area contributed by atoms with Crippen LogP contribution in [0.3, 0.4) is 0 Å². The number of benzene rings is 2. The number of carbonyl (C=O) groups is 3. The van der Waals surface area contributed by atoms with Crippen molar-refractivity contribution in [2.24, 2.45) is 17.6 Å². The van der Waals surface area contributed by atoms with Gasteiger partial charge in [0.25, 0.3) is 0 Å². The molecule has 0 saturated carbocycles. The van der Waals surface area contributed by atoms with E-state index < -0.39 is 47.4 Å². The van der Waals surface area contributed by atoms with Crippen molar-refractivity contribution >= 4 is 35.3 Å². The zero-order valence-corrected chi connectivity index (χ0v) is 24.3. The summed E-state index contributed by atoms with van der Waals surface area (Å²) in [6, 6.07) is 14.4. The van der Waals surface area contributed by atoms with Gasteiger partial charge in [0.15, 0.2) is 0 Å². The van der Waals surface area contributed by atoms with Gasteiger partial charge in [-0.2, -0.15) is 0 Å². The Hall–Kier alpha value is -4.25. The lowest BCUT2D eigenvalue weighted by Gasteiger charge is -2.38. The summed E-state index contributed by atoms with van der Waals surface area (Å²) in [6.07, 6.45) is 1.36. The maximum absolute atomic E-state index is 14.6. The summed E-state index contributed by atoms with van der Waals surface area (Å²) in [5, 5.41) is -0.0433. The highest BCUT2D eigenvalue weighted by Gasteiger charge is 2.46. The number of carbonyl (C=O) groups excluding carboxylic acids is 3. The van der Waals surface area contributed by atoms with E-state index >= 15 is 0 Å². The highest BCUT2D eigenvalue weighted by atomic mass is 35.5. The second-order valence-electron chi connectivity index (χ2n) is 10.7. The number of halogens is 3. The van der Waals surface area contributed by atoms with Crippen LogP contribution in [0.5, 0.6) is 5.75 Å². The number of likely N-dealkylation sites (N-methyl/N-ethyl adjacent to an activating group) is 1. The van der Waals surface area contributed by atoms with E-state index in [4.69, 9.17) is 22.1 Å². The zero-order valence-electron chi connectivity index (χ0n) is 23.5. The number of nitrogens with zero attached hydrogens (tertiary/aromatic N) is 4. The molecule has 4 atom stereocenters. The first-order valence-electron chi connectivity index (χ1n) is 14.1. The number of aromatic nitrogens is 1. The summed E-state index contributed by atoms with van der Waals surface area (Å²) >= 11 is 5.94. The number of hydrogen-bond acceptors (Lipinski definition) is 6. The number of amides is 3. The summed E-state index contributed by atoms with van der Waals surface area (Å²) in [7, 11) is 0. The van der Waals surface area contributed by atoms with Gasteiger partial charge in [0, 0.05) is 44.8 Å². The van der Waals surface area contributed by atoms with Crippen molar-refractivity contribution in [1.29, 1.82) is 0 Å². The largest absolute Gasteiger partial charge is 0.415 e. The Balaban J connectivity index is 1.40. The Morgan fingerprint density at radius 1 is 1.05 bits per heavy atom. The average Bonchev–Trinajstić information content (AvgIpc) is 3.45. The van der Waals surface area contributed by atoms with E-state index in [0.29, 0.717) is 24.3 Å². The maximum Gasteiger partial charge on any atom is 0.415 e. The lowest BCUT2D eigenvalue weighted by molar-refractivity contribution is -0.141. The number of ether oxygens (including phenoxy) is 1. The Labute approximate surface area is 253 Å². The van der Waals surface area contributed by atoms with Gasteiger partial charge in [-0.1, -0.05) is 23.7 Å². The first kappa shape index (κ1) is 30.2. The topological polar surface area (TPSA) is 109 Å². The van der Waals surface area contributed by atoms with Crippen LogP contribution in [0.25, 0.3) is 0 Å². The van der Waals surface area contributed by atoms with E-state index in [1.165, 1.54) is 41.3 Å². The Morgan fingerprint density at radius 2 is 1.81 bits per heavy atom. The number of pyridine rings is 1. The molecule has 2 saturated heterocycles. The molecule has 0 aliphatic carbocycles. The third-order valence-corrected chi connectivity index (χ3v) is 8.54. The van der Waals surface area contributed by atoms with Crippen molar-refractivity contribution in [3.8, 4) is 5.75 Å². The lowest BCUT2D eigenvalue weighted by atomic mass is 9.83. The molecule has 2 N–H and O–H groups in total. The summed E-state index contributed by atoms with van der Waals surface area (Å²) in [5.74, 6) is -2.95. The smallest absolute Gasteiger partial charge is 0.410 e. The SMILES string of the molecule is CCN(C(=O)Oc1ccc(F)cc1)[C@@H]1CN(C(=O)C2CCN(c3ccccn3)CC2C(N)=O)C[C@H]1c1ccc(Cl)c(F)c1. The fraction of sp³-hybridized carbons (Fsp3) is 0.355. The van der Waals surface area contributed by atoms with Crippen molar-refractivity contribution in [1.82, 2.24) is 14.8 Å². The quantitative estimate of drug-likeness (QED) is 0.423. The minimum absolute atomic E-state index is 0.0433. The molecule has 2 aromatic carbocycles. The van der Waals surface area contributed by atoms with E-state index in [0.717, 1.165) is 0 Å². The molecule has 9 nitrogen and oxygen atoms in total. The normalized spacial score (nSPS) is 21.9. The van der Waals surface area contributed by atoms with Crippen molar-refractivity contribution in [2.75, 3.05) is 37.6 Å². The van der Waals surface area contributed by atoms with Gasteiger partial charge in [0.1, 0.15) is 23.2 Å². The third kappa shape index (κ3) is 6.56. The van der Waals surface area contributed by atoms with Gasteiger partial charge in [-0.3, -0.25) is 9.59 Å². The molecule has 0 spiro atoms. The second-order valence-corrected chi connectivity index (χ2v) is 11.1. The molecule has 226 valence electrons. The van der Waals surface area contributed by atoms with Crippen molar-refractivity contribution < 1.29 is 27.9 Å². The van der Waals surface area contributed by atoms with Crippen LogP contribution >= 0.6 is 11.6 Å². The van der Waals surface area contributed by atoms with Gasteiger partial charge < -0.3 is 25.2 Å². The van der Waals surface area contributed by atoms with E-state index in [1.807, 2.05) is 17.0 Å². The molecular weight excluding hydrogens is 580 g/mol. The molecule has 0 radical (unpaired) electrons. The number of anilines is 1. The molecule has 12 heteroatoms. The van der Waals surface area contributed by atoms with Crippen LogP contribution in [0.4, 0.5) is 19.4 Å². The number of nitrogens with two attached hydrogens (primary N) is 1. The summed E-state index contributed by atoms with van der Waals surface area (Å²) in [5.41, 5.74) is 6.36. The molecule has 2 fully saturated rings. The van der Waals surface area contributed by atoms with Gasteiger partial charge >= 0.3 is 6.09 Å². The summed E-state index contributed by atoms with van der Waals surface area (Å²) < 4.78 is 33.5. The third-order valence-electron chi connectivity index (χ3n) is 8.24. The second kappa shape index (κ2) is 12.9. The van der Waals surface area contributed by atoms with Gasteiger partial charge in [-0.05, 0) is 67.4 Å². The van der Waals surface area contributed by atoms with Crippen LogP contribution in [-0.4, -0.2) is 71.5 Å². The molecule has 2 unspecified atom stereocenters. The molecule has 3 amide bonds. The molecule has 1 aromatic heterocycles. The zero-order chi connectivity index (χ0) is 30.7. The number of primary amides is 1. The molecule has 0 bridgehead atoms. The van der Waals surface area contributed by atoms with Crippen molar-refractivity contribution in [3.63, 3.8) is 0 Å². The Kier molecular flexibility index (Phi) is 9.10. The van der Waals surface area contributed by atoms with Crippen LogP contribution in [0.2, 0.25) is 5.02 Å².